The number of ether oxygens (including phenoxy) is 1. The monoisotopic (exact) mass is 319 g/mol. The maximum Gasteiger partial charge on any atom is 0.163 e. The van der Waals surface area contributed by atoms with Gasteiger partial charge in [0.1, 0.15) is 17.3 Å². The molecular formula is C19H14FN3O. The van der Waals surface area contributed by atoms with E-state index in [1.165, 1.54) is 12.1 Å². The molecule has 0 amide bonds. The molecule has 0 unspecified atom stereocenters. The number of benzene rings is 2. The topological polar surface area (TPSA) is 39.9 Å². The summed E-state index contributed by atoms with van der Waals surface area (Å²) >= 11 is 0. The number of methoxy groups -OCH3 is 1. The average Bonchev–Trinajstić information content (AvgIpc) is 3.02. The number of halogens is 1. The van der Waals surface area contributed by atoms with E-state index in [4.69, 9.17) is 9.84 Å². The van der Waals surface area contributed by atoms with Gasteiger partial charge in [-0.2, -0.15) is 5.10 Å². The molecule has 4 nitrogen and oxygen atoms in total. The fourth-order valence-electron chi connectivity index (χ4n) is 2.70. The van der Waals surface area contributed by atoms with Gasteiger partial charge in [0.05, 0.1) is 12.8 Å². The van der Waals surface area contributed by atoms with Crippen molar-refractivity contribution in [3.8, 4) is 22.7 Å². The molecule has 0 aliphatic heterocycles. The minimum Gasteiger partial charge on any atom is -0.497 e. The van der Waals surface area contributed by atoms with Crippen LogP contribution in [0, 0.1) is 5.82 Å². The molecule has 4 rings (SSSR count). The van der Waals surface area contributed by atoms with Gasteiger partial charge < -0.3 is 4.74 Å². The van der Waals surface area contributed by atoms with E-state index in [1.807, 2.05) is 36.4 Å². The first-order chi connectivity index (χ1) is 11.8. The highest BCUT2D eigenvalue weighted by atomic mass is 19.1. The van der Waals surface area contributed by atoms with E-state index in [0.29, 0.717) is 0 Å². The van der Waals surface area contributed by atoms with E-state index in [2.05, 4.69) is 4.98 Å². The molecule has 0 spiro atoms. The molecule has 0 aliphatic carbocycles. The molecule has 0 N–H and O–H groups in total. The second kappa shape index (κ2) is 5.77. The van der Waals surface area contributed by atoms with E-state index in [1.54, 1.807) is 30.1 Å². The van der Waals surface area contributed by atoms with Crippen LogP contribution in [0.1, 0.15) is 0 Å². The van der Waals surface area contributed by atoms with Crippen LogP contribution in [0.4, 0.5) is 4.39 Å². The van der Waals surface area contributed by atoms with Gasteiger partial charge in [-0.3, -0.25) is 0 Å². The number of fused-ring (bicyclic) bond motifs is 1. The number of hydrogen-bond acceptors (Lipinski definition) is 3. The van der Waals surface area contributed by atoms with Crippen LogP contribution < -0.4 is 4.74 Å². The van der Waals surface area contributed by atoms with Crippen LogP contribution in [0.25, 0.3) is 28.0 Å². The maximum atomic E-state index is 13.2. The summed E-state index contributed by atoms with van der Waals surface area (Å²) in [7, 11) is 1.63. The Morgan fingerprint density at radius 2 is 1.83 bits per heavy atom. The molecule has 0 fully saturated rings. The summed E-state index contributed by atoms with van der Waals surface area (Å²) in [5.41, 5.74) is 3.20. The van der Waals surface area contributed by atoms with E-state index in [0.717, 1.165) is 33.7 Å². The fraction of sp³-hybridized carbons (Fsp3) is 0.0526. The normalized spacial score (nSPS) is 10.9. The van der Waals surface area contributed by atoms with Crippen LogP contribution >= 0.6 is 0 Å². The molecule has 0 bridgehead atoms. The molecule has 0 aliphatic rings. The van der Waals surface area contributed by atoms with Crippen LogP contribution in [-0.4, -0.2) is 21.9 Å². The van der Waals surface area contributed by atoms with Gasteiger partial charge in [-0.15, -0.1) is 0 Å². The Morgan fingerprint density at radius 1 is 1.00 bits per heavy atom. The van der Waals surface area contributed by atoms with Crippen LogP contribution in [0.15, 0.2) is 66.9 Å². The Kier molecular flexibility index (Phi) is 3.46. The van der Waals surface area contributed by atoms with Crippen LogP contribution in [0.5, 0.6) is 5.75 Å². The van der Waals surface area contributed by atoms with Crippen LogP contribution in [0.3, 0.4) is 0 Å². The third-order valence-corrected chi connectivity index (χ3v) is 3.86. The van der Waals surface area contributed by atoms with Crippen molar-refractivity contribution >= 4 is 11.0 Å². The molecule has 0 saturated heterocycles. The van der Waals surface area contributed by atoms with Gasteiger partial charge in [0.2, 0.25) is 0 Å². The van der Waals surface area contributed by atoms with Gasteiger partial charge in [0.15, 0.2) is 5.65 Å². The largest absolute Gasteiger partial charge is 0.497 e. The van der Waals surface area contributed by atoms with Crippen molar-refractivity contribution in [2.45, 2.75) is 0 Å². The number of pyridine rings is 1. The van der Waals surface area contributed by atoms with E-state index >= 15 is 0 Å². The summed E-state index contributed by atoms with van der Waals surface area (Å²) in [6.45, 7) is 0. The average molecular weight is 319 g/mol. The predicted molar refractivity (Wildman–Crippen MR) is 90.8 cm³/mol. The van der Waals surface area contributed by atoms with E-state index < -0.39 is 0 Å². The molecule has 5 heteroatoms. The number of hydrogen-bond donors (Lipinski definition) is 0. The Bertz CT molecular complexity index is 1010. The van der Waals surface area contributed by atoms with E-state index in [-0.39, 0.29) is 5.82 Å². The smallest absolute Gasteiger partial charge is 0.163 e. The molecule has 2 heterocycles. The van der Waals surface area contributed by atoms with Crippen LogP contribution in [-0.2, 0) is 0 Å². The molecule has 2 aromatic heterocycles. The second-order valence-corrected chi connectivity index (χ2v) is 5.34. The predicted octanol–water partition coefficient (Wildman–Crippen LogP) is 4.24. The lowest BCUT2D eigenvalue weighted by atomic mass is 10.1. The summed E-state index contributed by atoms with van der Waals surface area (Å²) in [4.78, 5) is 4.46. The lowest BCUT2D eigenvalue weighted by Crippen LogP contribution is -1.98. The van der Waals surface area contributed by atoms with Crippen molar-refractivity contribution in [2.75, 3.05) is 7.11 Å². The van der Waals surface area contributed by atoms with Gasteiger partial charge in [-0.1, -0.05) is 6.07 Å². The zero-order valence-electron chi connectivity index (χ0n) is 13.0. The van der Waals surface area contributed by atoms with Gasteiger partial charge in [-0.05, 0) is 48.5 Å². The number of rotatable bonds is 3. The quantitative estimate of drug-likeness (QED) is 0.567. The Hall–Kier alpha value is -3.21. The Labute approximate surface area is 138 Å². The van der Waals surface area contributed by atoms with E-state index in [9.17, 15) is 4.39 Å². The third kappa shape index (κ3) is 2.40. The maximum absolute atomic E-state index is 13.2. The molecule has 0 atom stereocenters. The first-order valence-electron chi connectivity index (χ1n) is 7.50. The zero-order valence-corrected chi connectivity index (χ0v) is 13.0. The lowest BCUT2D eigenvalue weighted by molar-refractivity contribution is 0.414. The van der Waals surface area contributed by atoms with Crippen molar-refractivity contribution in [3.63, 3.8) is 0 Å². The molecular weight excluding hydrogens is 305 g/mol. The van der Waals surface area contributed by atoms with Gasteiger partial charge >= 0.3 is 0 Å². The Balaban J connectivity index is 1.95. The molecule has 0 radical (unpaired) electrons. The lowest BCUT2D eigenvalue weighted by Gasteiger charge is -2.05. The highest BCUT2D eigenvalue weighted by Crippen LogP contribution is 2.29. The highest BCUT2D eigenvalue weighted by Gasteiger charge is 2.14. The summed E-state index contributed by atoms with van der Waals surface area (Å²) < 4.78 is 20.3. The first-order valence-corrected chi connectivity index (χ1v) is 7.50. The molecule has 2 aromatic carbocycles. The molecule has 118 valence electrons. The van der Waals surface area contributed by atoms with Crippen molar-refractivity contribution in [1.82, 2.24) is 14.8 Å². The van der Waals surface area contributed by atoms with Crippen LogP contribution in [0.2, 0.25) is 0 Å². The number of aromatic nitrogens is 3. The van der Waals surface area contributed by atoms with Crippen molar-refractivity contribution in [3.05, 3.63) is 72.7 Å². The Morgan fingerprint density at radius 3 is 2.62 bits per heavy atom. The third-order valence-electron chi connectivity index (χ3n) is 3.86. The van der Waals surface area contributed by atoms with Crippen molar-refractivity contribution in [2.24, 2.45) is 0 Å². The summed E-state index contributed by atoms with van der Waals surface area (Å²) in [6.07, 6.45) is 1.73. The summed E-state index contributed by atoms with van der Waals surface area (Å²) in [6, 6.07) is 17.8. The highest BCUT2D eigenvalue weighted by molar-refractivity contribution is 5.91. The van der Waals surface area contributed by atoms with Crippen molar-refractivity contribution < 1.29 is 9.13 Å². The summed E-state index contributed by atoms with van der Waals surface area (Å²) in [5.74, 6) is 0.476. The van der Waals surface area contributed by atoms with Crippen molar-refractivity contribution in [1.29, 1.82) is 0 Å². The second-order valence-electron chi connectivity index (χ2n) is 5.34. The van der Waals surface area contributed by atoms with Gasteiger partial charge in [0, 0.05) is 23.2 Å². The first kappa shape index (κ1) is 14.4. The van der Waals surface area contributed by atoms with Gasteiger partial charge in [0.25, 0.3) is 0 Å². The molecule has 24 heavy (non-hydrogen) atoms. The fourth-order valence-corrected chi connectivity index (χ4v) is 2.70. The summed E-state index contributed by atoms with van der Waals surface area (Å²) in [5, 5.41) is 5.62. The number of nitrogens with zero attached hydrogens (tertiary/aromatic N) is 3. The standard InChI is InChI=1S/C19H14FN3O/c1-24-16-5-2-4-15(12-16)23-19-17(6-3-11-21-19)18(22-23)13-7-9-14(20)10-8-13/h2-12H,1H3. The minimum absolute atomic E-state index is 0.270. The molecule has 4 aromatic rings. The SMILES string of the molecule is COc1cccc(-n2nc(-c3ccc(F)cc3)c3cccnc32)c1. The zero-order chi connectivity index (χ0) is 16.5. The van der Waals surface area contributed by atoms with Gasteiger partial charge in [-0.25, -0.2) is 14.1 Å². The molecule has 0 saturated carbocycles. The minimum atomic E-state index is -0.270.